The molecule has 0 amide bonds. The quantitative estimate of drug-likeness (QED) is 0.859. The predicted molar refractivity (Wildman–Crippen MR) is 68.6 cm³/mol. The normalized spacial score (nSPS) is 10.4. The Hall–Kier alpha value is -1.66. The van der Waals surface area contributed by atoms with E-state index in [-0.39, 0.29) is 16.2 Å². The smallest absolute Gasteiger partial charge is 0.230 e. The lowest BCUT2D eigenvalue weighted by molar-refractivity contribution is 0.0939. The van der Waals surface area contributed by atoms with Gasteiger partial charge in [-0.2, -0.15) is 0 Å². The fraction of sp³-hybridized carbons (Fsp3) is 0.200. The Kier molecular flexibility index (Phi) is 3.49. The first-order valence-electron chi connectivity index (χ1n) is 5.00. The topological polar surface area (TPSA) is 72.7 Å². The van der Waals surface area contributed by atoms with E-state index in [4.69, 9.17) is 23.2 Å². The van der Waals surface area contributed by atoms with Gasteiger partial charge in [0.1, 0.15) is 11.5 Å². The third kappa shape index (κ3) is 2.44. The van der Waals surface area contributed by atoms with Crippen molar-refractivity contribution in [3.63, 3.8) is 0 Å². The standard InChI is InChI=1S/C10H9Cl2N5O/c1-5-14-8(11)7(9(12)15-5)16-10-13-3-4-17(10)6(2)18/h3-4H,1-2H3,(H,13,16). The number of rotatable bonds is 2. The largest absolute Gasteiger partial charge is 0.320 e. The summed E-state index contributed by atoms with van der Waals surface area (Å²) < 4.78 is 1.33. The van der Waals surface area contributed by atoms with Crippen molar-refractivity contribution in [3.05, 3.63) is 28.5 Å². The average Bonchev–Trinajstić information content (AvgIpc) is 2.71. The molecule has 0 saturated carbocycles. The van der Waals surface area contributed by atoms with Gasteiger partial charge in [0.25, 0.3) is 0 Å². The number of imidazole rings is 1. The number of anilines is 2. The highest BCUT2D eigenvalue weighted by Crippen LogP contribution is 2.29. The monoisotopic (exact) mass is 285 g/mol. The molecule has 2 aromatic rings. The van der Waals surface area contributed by atoms with Crippen molar-refractivity contribution in [1.82, 2.24) is 19.5 Å². The molecule has 0 radical (unpaired) electrons. The van der Waals surface area contributed by atoms with Gasteiger partial charge in [-0.15, -0.1) is 0 Å². The van der Waals surface area contributed by atoms with Crippen LogP contribution < -0.4 is 5.32 Å². The van der Waals surface area contributed by atoms with Gasteiger partial charge in [0, 0.05) is 19.3 Å². The highest BCUT2D eigenvalue weighted by atomic mass is 35.5. The highest BCUT2D eigenvalue weighted by Gasteiger charge is 2.14. The molecule has 18 heavy (non-hydrogen) atoms. The van der Waals surface area contributed by atoms with Gasteiger partial charge in [0.15, 0.2) is 10.3 Å². The number of nitrogens with zero attached hydrogens (tertiary/aromatic N) is 4. The molecule has 8 heteroatoms. The number of aromatic nitrogens is 4. The van der Waals surface area contributed by atoms with Crippen molar-refractivity contribution >= 4 is 40.7 Å². The second kappa shape index (κ2) is 4.91. The Morgan fingerprint density at radius 1 is 1.33 bits per heavy atom. The second-order valence-electron chi connectivity index (χ2n) is 3.49. The summed E-state index contributed by atoms with van der Waals surface area (Å²) in [5.74, 6) is 0.583. The molecule has 0 bridgehead atoms. The first kappa shape index (κ1) is 12.8. The molecule has 0 spiro atoms. The third-order valence-electron chi connectivity index (χ3n) is 2.15. The maximum atomic E-state index is 11.3. The van der Waals surface area contributed by atoms with E-state index in [2.05, 4.69) is 20.3 Å². The summed E-state index contributed by atoms with van der Waals surface area (Å²) in [4.78, 5) is 23.3. The fourth-order valence-corrected chi connectivity index (χ4v) is 1.94. The zero-order valence-electron chi connectivity index (χ0n) is 9.61. The van der Waals surface area contributed by atoms with Crippen LogP contribution >= 0.6 is 23.2 Å². The lowest BCUT2D eigenvalue weighted by atomic mass is 10.5. The summed E-state index contributed by atoms with van der Waals surface area (Å²) in [5.41, 5.74) is 0.317. The van der Waals surface area contributed by atoms with E-state index in [1.165, 1.54) is 23.9 Å². The Morgan fingerprint density at radius 2 is 1.94 bits per heavy atom. The van der Waals surface area contributed by atoms with Crippen LogP contribution in [0.25, 0.3) is 0 Å². The highest BCUT2D eigenvalue weighted by molar-refractivity contribution is 6.37. The van der Waals surface area contributed by atoms with E-state index in [0.717, 1.165) is 0 Å². The number of halogens is 2. The van der Waals surface area contributed by atoms with E-state index in [0.29, 0.717) is 17.5 Å². The van der Waals surface area contributed by atoms with Crippen LogP contribution in [0.2, 0.25) is 10.3 Å². The second-order valence-corrected chi connectivity index (χ2v) is 4.21. The molecule has 2 aromatic heterocycles. The van der Waals surface area contributed by atoms with Crippen molar-refractivity contribution < 1.29 is 4.79 Å². The zero-order valence-corrected chi connectivity index (χ0v) is 11.1. The number of carbonyl (C=O) groups is 1. The molecule has 0 saturated heterocycles. The summed E-state index contributed by atoms with van der Waals surface area (Å²) in [6.07, 6.45) is 3.02. The van der Waals surface area contributed by atoms with Crippen LogP contribution in [0.4, 0.5) is 11.6 Å². The van der Waals surface area contributed by atoms with Gasteiger partial charge in [0.2, 0.25) is 11.9 Å². The maximum Gasteiger partial charge on any atom is 0.230 e. The van der Waals surface area contributed by atoms with Gasteiger partial charge in [-0.05, 0) is 6.92 Å². The van der Waals surface area contributed by atoms with Crippen molar-refractivity contribution in [2.75, 3.05) is 5.32 Å². The molecule has 6 nitrogen and oxygen atoms in total. The van der Waals surface area contributed by atoms with Crippen LogP contribution in [0.1, 0.15) is 17.5 Å². The summed E-state index contributed by atoms with van der Waals surface area (Å²) in [7, 11) is 0. The molecule has 2 rings (SSSR count). The maximum absolute atomic E-state index is 11.3. The Bertz CT molecular complexity index is 587. The number of nitrogens with one attached hydrogen (secondary N) is 1. The first-order chi connectivity index (χ1) is 8.49. The summed E-state index contributed by atoms with van der Waals surface area (Å²) in [6, 6.07) is 0. The molecule has 0 fully saturated rings. The van der Waals surface area contributed by atoms with Crippen LogP contribution in [-0.4, -0.2) is 25.4 Å². The minimum absolute atomic E-state index is 0.172. The molecule has 0 aliphatic rings. The van der Waals surface area contributed by atoms with E-state index >= 15 is 0 Å². The Morgan fingerprint density at radius 3 is 2.50 bits per heavy atom. The molecular formula is C10H9Cl2N5O. The number of hydrogen-bond donors (Lipinski definition) is 1. The van der Waals surface area contributed by atoms with Crippen molar-refractivity contribution in [2.45, 2.75) is 13.8 Å². The fourth-order valence-electron chi connectivity index (χ4n) is 1.37. The van der Waals surface area contributed by atoms with Crippen molar-refractivity contribution in [1.29, 1.82) is 0 Å². The molecule has 0 atom stereocenters. The summed E-state index contributed by atoms with van der Waals surface area (Å²) in [6.45, 7) is 3.10. The van der Waals surface area contributed by atoms with Crippen molar-refractivity contribution in [2.24, 2.45) is 0 Å². The minimum Gasteiger partial charge on any atom is -0.320 e. The SMILES string of the molecule is CC(=O)n1ccnc1Nc1c(Cl)nc(C)nc1Cl. The van der Waals surface area contributed by atoms with Gasteiger partial charge in [-0.3, -0.25) is 9.36 Å². The molecule has 2 heterocycles. The van der Waals surface area contributed by atoms with Crippen LogP contribution in [0, 0.1) is 6.92 Å². The Labute approximate surface area is 113 Å². The zero-order chi connectivity index (χ0) is 13.3. The van der Waals surface area contributed by atoms with Gasteiger partial charge in [-0.25, -0.2) is 15.0 Å². The molecule has 0 aromatic carbocycles. The number of hydrogen-bond acceptors (Lipinski definition) is 5. The average molecular weight is 286 g/mol. The van der Waals surface area contributed by atoms with E-state index in [1.807, 2.05) is 0 Å². The molecule has 94 valence electrons. The molecule has 1 N–H and O–H groups in total. The summed E-state index contributed by atoms with van der Waals surface area (Å²) in [5, 5.41) is 3.18. The minimum atomic E-state index is -0.185. The van der Waals surface area contributed by atoms with Gasteiger partial charge in [-0.1, -0.05) is 23.2 Å². The predicted octanol–water partition coefficient (Wildman–Crippen LogP) is 2.69. The van der Waals surface area contributed by atoms with Crippen LogP contribution in [0.5, 0.6) is 0 Å². The van der Waals surface area contributed by atoms with Crippen LogP contribution in [0.15, 0.2) is 12.4 Å². The van der Waals surface area contributed by atoms with Crippen molar-refractivity contribution in [3.8, 4) is 0 Å². The first-order valence-corrected chi connectivity index (χ1v) is 5.75. The van der Waals surface area contributed by atoms with E-state index in [1.54, 1.807) is 6.92 Å². The van der Waals surface area contributed by atoms with E-state index in [9.17, 15) is 4.79 Å². The van der Waals surface area contributed by atoms with Gasteiger partial charge >= 0.3 is 0 Å². The lowest BCUT2D eigenvalue weighted by Gasteiger charge is -2.09. The number of aryl methyl sites for hydroxylation is 1. The van der Waals surface area contributed by atoms with Gasteiger partial charge < -0.3 is 5.32 Å². The number of carbonyl (C=O) groups excluding carboxylic acids is 1. The molecule has 0 aliphatic carbocycles. The third-order valence-corrected chi connectivity index (χ3v) is 2.70. The molecular weight excluding hydrogens is 277 g/mol. The van der Waals surface area contributed by atoms with Crippen LogP contribution in [0.3, 0.4) is 0 Å². The van der Waals surface area contributed by atoms with Crippen LogP contribution in [-0.2, 0) is 0 Å². The lowest BCUT2D eigenvalue weighted by Crippen LogP contribution is -2.09. The van der Waals surface area contributed by atoms with Gasteiger partial charge in [0.05, 0.1) is 0 Å². The summed E-state index contributed by atoms with van der Waals surface area (Å²) >= 11 is 11.9. The Balaban J connectivity index is 2.40. The molecule has 0 unspecified atom stereocenters. The molecule has 0 aliphatic heterocycles. The van der Waals surface area contributed by atoms with E-state index < -0.39 is 0 Å².